The molecule has 3 aromatic rings. The van der Waals surface area contributed by atoms with E-state index in [9.17, 15) is 0 Å². The van der Waals surface area contributed by atoms with Crippen molar-refractivity contribution in [2.75, 3.05) is 5.32 Å². The van der Waals surface area contributed by atoms with Gasteiger partial charge in [-0.25, -0.2) is 0 Å². The van der Waals surface area contributed by atoms with Gasteiger partial charge in [-0.3, -0.25) is 0 Å². The van der Waals surface area contributed by atoms with Crippen LogP contribution in [0.15, 0.2) is 59.1 Å². The molecular weight excluding hydrogens is 238 g/mol. The summed E-state index contributed by atoms with van der Waals surface area (Å²) in [6.45, 7) is 2.04. The van der Waals surface area contributed by atoms with E-state index < -0.39 is 0 Å². The predicted octanol–water partition coefficient (Wildman–Crippen LogP) is 3.79. The van der Waals surface area contributed by atoms with Crippen LogP contribution in [0.4, 0.5) is 11.7 Å². The second-order valence-corrected chi connectivity index (χ2v) is 4.28. The summed E-state index contributed by atoms with van der Waals surface area (Å²) in [4.78, 5) is 4.32. The largest absolute Gasteiger partial charge is 0.326 e. The summed E-state index contributed by atoms with van der Waals surface area (Å²) >= 11 is 0. The van der Waals surface area contributed by atoms with Gasteiger partial charge in [-0.05, 0) is 24.6 Å². The first-order valence-corrected chi connectivity index (χ1v) is 6.04. The van der Waals surface area contributed by atoms with Gasteiger partial charge in [0.05, 0.1) is 0 Å². The molecule has 4 nitrogen and oxygen atoms in total. The maximum atomic E-state index is 5.19. The highest BCUT2D eigenvalue weighted by Crippen LogP contribution is 2.20. The number of nitrogens with one attached hydrogen (secondary N) is 1. The summed E-state index contributed by atoms with van der Waals surface area (Å²) in [5.41, 5.74) is 3.04. The van der Waals surface area contributed by atoms with Gasteiger partial charge < -0.3 is 9.84 Å². The first-order valence-electron chi connectivity index (χ1n) is 6.04. The Balaban J connectivity index is 1.82. The molecule has 0 amide bonds. The highest BCUT2D eigenvalue weighted by Gasteiger charge is 2.07. The first-order chi connectivity index (χ1) is 9.31. The molecule has 2 aromatic carbocycles. The van der Waals surface area contributed by atoms with Crippen molar-refractivity contribution in [3.8, 4) is 11.4 Å². The maximum Gasteiger partial charge on any atom is 0.326 e. The molecule has 4 heteroatoms. The van der Waals surface area contributed by atoms with Crippen molar-refractivity contribution in [3.05, 3.63) is 60.2 Å². The lowest BCUT2D eigenvalue weighted by atomic mass is 10.2. The van der Waals surface area contributed by atoms with Crippen LogP contribution in [0, 0.1) is 6.92 Å². The van der Waals surface area contributed by atoms with Crippen molar-refractivity contribution in [1.82, 2.24) is 10.1 Å². The van der Waals surface area contributed by atoms with Crippen LogP contribution in [0.5, 0.6) is 0 Å². The van der Waals surface area contributed by atoms with Crippen LogP contribution in [0.1, 0.15) is 5.56 Å². The van der Waals surface area contributed by atoms with Crippen LogP contribution in [-0.4, -0.2) is 10.1 Å². The van der Waals surface area contributed by atoms with Gasteiger partial charge in [-0.2, -0.15) is 4.98 Å². The van der Waals surface area contributed by atoms with E-state index in [1.54, 1.807) is 0 Å². The van der Waals surface area contributed by atoms with Crippen LogP contribution in [0.25, 0.3) is 11.4 Å². The molecule has 0 saturated carbocycles. The lowest BCUT2D eigenvalue weighted by molar-refractivity contribution is 0.435. The Morgan fingerprint density at radius 2 is 1.84 bits per heavy atom. The van der Waals surface area contributed by atoms with Gasteiger partial charge in [0.2, 0.25) is 5.82 Å². The normalized spacial score (nSPS) is 10.4. The van der Waals surface area contributed by atoms with Gasteiger partial charge in [-0.1, -0.05) is 47.6 Å². The van der Waals surface area contributed by atoms with Crippen LogP contribution < -0.4 is 5.32 Å². The highest BCUT2D eigenvalue weighted by molar-refractivity contribution is 5.58. The number of aromatic nitrogens is 2. The van der Waals surface area contributed by atoms with Gasteiger partial charge in [-0.15, -0.1) is 0 Å². The van der Waals surface area contributed by atoms with Crippen molar-refractivity contribution < 1.29 is 4.52 Å². The quantitative estimate of drug-likeness (QED) is 0.769. The molecule has 0 aliphatic heterocycles. The second kappa shape index (κ2) is 4.94. The maximum absolute atomic E-state index is 5.19. The van der Waals surface area contributed by atoms with Crippen molar-refractivity contribution in [1.29, 1.82) is 0 Å². The van der Waals surface area contributed by atoms with Crippen molar-refractivity contribution in [3.63, 3.8) is 0 Å². The lowest BCUT2D eigenvalue weighted by Crippen LogP contribution is -1.90. The second-order valence-electron chi connectivity index (χ2n) is 4.28. The molecule has 0 fully saturated rings. The molecule has 0 radical (unpaired) electrons. The van der Waals surface area contributed by atoms with Crippen LogP contribution in [-0.2, 0) is 0 Å². The molecule has 0 saturated heterocycles. The Kier molecular flexibility index (Phi) is 2.98. The zero-order valence-corrected chi connectivity index (χ0v) is 10.5. The third-order valence-corrected chi connectivity index (χ3v) is 2.73. The number of benzene rings is 2. The van der Waals surface area contributed by atoms with Crippen molar-refractivity contribution in [2.45, 2.75) is 6.92 Å². The third kappa shape index (κ3) is 2.63. The number of nitrogens with zero attached hydrogens (tertiary/aromatic N) is 2. The molecule has 3 rings (SSSR count). The number of aryl methyl sites for hydroxylation is 1. The molecule has 19 heavy (non-hydrogen) atoms. The molecule has 0 aliphatic carbocycles. The smallest absolute Gasteiger partial charge is 0.315 e. The van der Waals surface area contributed by atoms with Gasteiger partial charge >= 0.3 is 6.01 Å². The molecular formula is C15H13N3O. The Hall–Kier alpha value is -2.62. The van der Waals surface area contributed by atoms with E-state index >= 15 is 0 Å². The summed E-state index contributed by atoms with van der Waals surface area (Å²) in [6.07, 6.45) is 0. The van der Waals surface area contributed by atoms with E-state index in [4.69, 9.17) is 4.52 Å². The minimum absolute atomic E-state index is 0.393. The van der Waals surface area contributed by atoms with E-state index in [1.807, 2.05) is 61.5 Å². The minimum atomic E-state index is 0.393. The molecule has 0 atom stereocenters. The monoisotopic (exact) mass is 251 g/mol. The lowest BCUT2D eigenvalue weighted by Gasteiger charge is -2.00. The fourth-order valence-corrected chi connectivity index (χ4v) is 1.83. The average Bonchev–Trinajstić information content (AvgIpc) is 2.88. The Labute approximate surface area is 111 Å². The molecule has 0 aliphatic rings. The summed E-state index contributed by atoms with van der Waals surface area (Å²) in [6, 6.07) is 18.1. The Bertz CT molecular complexity index is 677. The van der Waals surface area contributed by atoms with Crippen molar-refractivity contribution >= 4 is 11.7 Å². The molecule has 1 N–H and O–H groups in total. The van der Waals surface area contributed by atoms with Crippen molar-refractivity contribution in [2.24, 2.45) is 0 Å². The number of hydrogen-bond donors (Lipinski definition) is 1. The Morgan fingerprint density at radius 1 is 1.00 bits per heavy atom. The molecule has 0 unspecified atom stereocenters. The molecule has 94 valence electrons. The van der Waals surface area contributed by atoms with Crippen LogP contribution in [0.2, 0.25) is 0 Å². The SMILES string of the molecule is Cc1cccc(Nc2nc(-c3ccccc3)no2)c1. The topological polar surface area (TPSA) is 51.0 Å². The Morgan fingerprint density at radius 3 is 2.63 bits per heavy atom. The highest BCUT2D eigenvalue weighted by atomic mass is 16.5. The molecule has 1 heterocycles. The van der Waals surface area contributed by atoms with E-state index in [2.05, 4.69) is 15.5 Å². The fourth-order valence-electron chi connectivity index (χ4n) is 1.83. The van der Waals surface area contributed by atoms with E-state index in [0.717, 1.165) is 11.3 Å². The zero-order chi connectivity index (χ0) is 13.1. The van der Waals surface area contributed by atoms with Crippen LogP contribution in [0.3, 0.4) is 0 Å². The zero-order valence-electron chi connectivity index (χ0n) is 10.5. The summed E-state index contributed by atoms with van der Waals surface area (Å²) in [5.74, 6) is 0.579. The molecule has 0 spiro atoms. The summed E-state index contributed by atoms with van der Waals surface area (Å²) < 4.78 is 5.19. The predicted molar refractivity (Wildman–Crippen MR) is 74.2 cm³/mol. The first kappa shape index (κ1) is 11.5. The minimum Gasteiger partial charge on any atom is -0.315 e. The molecule has 1 aromatic heterocycles. The number of rotatable bonds is 3. The molecule has 0 bridgehead atoms. The van der Waals surface area contributed by atoms with Gasteiger partial charge in [0.25, 0.3) is 0 Å². The van der Waals surface area contributed by atoms with E-state index in [-0.39, 0.29) is 0 Å². The van der Waals surface area contributed by atoms with E-state index in [1.165, 1.54) is 5.56 Å². The van der Waals surface area contributed by atoms with E-state index in [0.29, 0.717) is 11.8 Å². The summed E-state index contributed by atoms with van der Waals surface area (Å²) in [5, 5.41) is 7.05. The fraction of sp³-hybridized carbons (Fsp3) is 0.0667. The number of anilines is 2. The third-order valence-electron chi connectivity index (χ3n) is 2.73. The standard InChI is InChI=1S/C15H13N3O/c1-11-6-5-9-13(10-11)16-15-17-14(18-19-15)12-7-3-2-4-8-12/h2-10H,1H3,(H,16,17,18). The van der Waals surface area contributed by atoms with Gasteiger partial charge in [0, 0.05) is 11.3 Å². The summed E-state index contributed by atoms with van der Waals surface area (Å²) in [7, 11) is 0. The van der Waals surface area contributed by atoms with Gasteiger partial charge in [0.1, 0.15) is 0 Å². The number of hydrogen-bond acceptors (Lipinski definition) is 4. The van der Waals surface area contributed by atoms with Gasteiger partial charge in [0.15, 0.2) is 0 Å². The average molecular weight is 251 g/mol. The van der Waals surface area contributed by atoms with Crippen LogP contribution >= 0.6 is 0 Å².